The van der Waals surface area contributed by atoms with Crippen LogP contribution in [0.25, 0.3) is 0 Å². The molecule has 0 amide bonds. The highest BCUT2D eigenvalue weighted by molar-refractivity contribution is 5.78. The molecule has 1 unspecified atom stereocenters. The summed E-state index contributed by atoms with van der Waals surface area (Å²) in [6.07, 6.45) is 3.90. The van der Waals surface area contributed by atoms with Crippen molar-refractivity contribution in [1.82, 2.24) is 4.90 Å². The van der Waals surface area contributed by atoms with Gasteiger partial charge in [-0.15, -0.1) is 0 Å². The van der Waals surface area contributed by atoms with Gasteiger partial charge in [0.1, 0.15) is 0 Å². The number of likely N-dealkylation sites (tertiary alicyclic amines) is 1. The van der Waals surface area contributed by atoms with E-state index in [0.717, 1.165) is 31.5 Å². The number of hydrogen-bond donors (Lipinski definition) is 1. The standard InChI is InChI=1S/C10H21N3/c1-3-5-9-6-7-13(8-9)10(11)12-4-2/h9H,3-8H2,1-2H3,(H2,11,12). The second kappa shape index (κ2) is 5.10. The Kier molecular flexibility index (Phi) is 4.06. The van der Waals surface area contributed by atoms with E-state index in [-0.39, 0.29) is 0 Å². The molecule has 0 radical (unpaired) electrons. The first-order valence-electron chi connectivity index (χ1n) is 5.32. The second-order valence-corrected chi connectivity index (χ2v) is 3.72. The fraction of sp³-hybridized carbons (Fsp3) is 0.900. The van der Waals surface area contributed by atoms with Crippen LogP contribution in [0.2, 0.25) is 0 Å². The van der Waals surface area contributed by atoms with Crippen molar-refractivity contribution in [2.45, 2.75) is 33.1 Å². The third-order valence-corrected chi connectivity index (χ3v) is 2.63. The fourth-order valence-electron chi connectivity index (χ4n) is 1.95. The topological polar surface area (TPSA) is 41.6 Å². The van der Waals surface area contributed by atoms with E-state index in [0.29, 0.717) is 0 Å². The minimum absolute atomic E-state index is 0.737. The molecule has 3 nitrogen and oxygen atoms in total. The summed E-state index contributed by atoms with van der Waals surface area (Å²) in [5.74, 6) is 1.58. The van der Waals surface area contributed by atoms with Gasteiger partial charge in [-0.2, -0.15) is 0 Å². The number of hydrogen-bond acceptors (Lipinski definition) is 1. The van der Waals surface area contributed by atoms with Crippen LogP contribution in [-0.2, 0) is 0 Å². The molecule has 1 rings (SSSR count). The number of rotatable bonds is 3. The monoisotopic (exact) mass is 183 g/mol. The SMILES string of the molecule is CCCC1CCN(C(N)=NCC)C1. The zero-order valence-corrected chi connectivity index (χ0v) is 8.79. The van der Waals surface area contributed by atoms with Gasteiger partial charge >= 0.3 is 0 Å². The Morgan fingerprint density at radius 2 is 2.31 bits per heavy atom. The molecular formula is C10H21N3. The number of nitrogens with zero attached hydrogens (tertiary/aromatic N) is 2. The summed E-state index contributed by atoms with van der Waals surface area (Å²) in [5.41, 5.74) is 5.82. The highest BCUT2D eigenvalue weighted by Crippen LogP contribution is 2.20. The van der Waals surface area contributed by atoms with Crippen LogP contribution in [0.4, 0.5) is 0 Å². The van der Waals surface area contributed by atoms with Crippen LogP contribution in [0.3, 0.4) is 0 Å². The van der Waals surface area contributed by atoms with Crippen LogP contribution >= 0.6 is 0 Å². The van der Waals surface area contributed by atoms with E-state index >= 15 is 0 Å². The average Bonchev–Trinajstić information content (AvgIpc) is 2.54. The number of aliphatic imine (C=N–C) groups is 1. The molecule has 1 heterocycles. The quantitative estimate of drug-likeness (QED) is 0.531. The van der Waals surface area contributed by atoms with Crippen molar-refractivity contribution in [2.75, 3.05) is 19.6 Å². The van der Waals surface area contributed by atoms with Crippen LogP contribution in [-0.4, -0.2) is 30.5 Å². The van der Waals surface area contributed by atoms with E-state index in [9.17, 15) is 0 Å². The molecule has 76 valence electrons. The van der Waals surface area contributed by atoms with Crippen LogP contribution in [0.1, 0.15) is 33.1 Å². The summed E-state index contributed by atoms with van der Waals surface area (Å²) in [7, 11) is 0. The Morgan fingerprint density at radius 1 is 1.54 bits per heavy atom. The Bertz CT molecular complexity index is 177. The molecular weight excluding hydrogens is 162 g/mol. The van der Waals surface area contributed by atoms with Gasteiger partial charge < -0.3 is 10.6 Å². The van der Waals surface area contributed by atoms with Crippen molar-refractivity contribution < 1.29 is 0 Å². The Morgan fingerprint density at radius 3 is 2.92 bits per heavy atom. The molecule has 0 saturated carbocycles. The molecule has 1 fully saturated rings. The van der Waals surface area contributed by atoms with Crippen LogP contribution in [0.5, 0.6) is 0 Å². The Balaban J connectivity index is 2.36. The maximum atomic E-state index is 5.82. The Hall–Kier alpha value is -0.730. The van der Waals surface area contributed by atoms with Crippen LogP contribution in [0, 0.1) is 5.92 Å². The van der Waals surface area contributed by atoms with Crippen molar-refractivity contribution in [3.63, 3.8) is 0 Å². The zero-order chi connectivity index (χ0) is 9.68. The van der Waals surface area contributed by atoms with E-state index in [1.54, 1.807) is 0 Å². The summed E-state index contributed by atoms with van der Waals surface area (Å²) >= 11 is 0. The van der Waals surface area contributed by atoms with Crippen LogP contribution in [0.15, 0.2) is 4.99 Å². The molecule has 0 spiro atoms. The first-order valence-corrected chi connectivity index (χ1v) is 5.32. The number of guanidine groups is 1. The summed E-state index contributed by atoms with van der Waals surface area (Å²) in [5, 5.41) is 0. The normalized spacial score (nSPS) is 24.0. The lowest BCUT2D eigenvalue weighted by Gasteiger charge is -2.16. The first-order chi connectivity index (χ1) is 6.27. The minimum Gasteiger partial charge on any atom is -0.370 e. The van der Waals surface area contributed by atoms with E-state index in [1.807, 2.05) is 6.92 Å². The van der Waals surface area contributed by atoms with Crippen molar-refractivity contribution >= 4 is 5.96 Å². The molecule has 1 saturated heterocycles. The first kappa shape index (κ1) is 10.4. The minimum atomic E-state index is 0.737. The van der Waals surface area contributed by atoms with E-state index < -0.39 is 0 Å². The Labute approximate surface area is 81.0 Å². The summed E-state index contributed by atoms with van der Waals surface area (Å²) in [6.45, 7) is 7.27. The van der Waals surface area contributed by atoms with E-state index in [2.05, 4.69) is 16.8 Å². The molecule has 13 heavy (non-hydrogen) atoms. The van der Waals surface area contributed by atoms with Crippen molar-refractivity contribution in [2.24, 2.45) is 16.6 Å². The molecule has 1 aliphatic heterocycles. The lowest BCUT2D eigenvalue weighted by Crippen LogP contribution is -2.35. The summed E-state index contributed by atoms with van der Waals surface area (Å²) in [4.78, 5) is 6.43. The van der Waals surface area contributed by atoms with E-state index in [4.69, 9.17) is 5.73 Å². The lowest BCUT2D eigenvalue weighted by molar-refractivity contribution is 0.454. The zero-order valence-electron chi connectivity index (χ0n) is 8.79. The molecule has 1 aliphatic rings. The second-order valence-electron chi connectivity index (χ2n) is 3.72. The highest BCUT2D eigenvalue weighted by Gasteiger charge is 2.22. The van der Waals surface area contributed by atoms with Gasteiger partial charge in [0.15, 0.2) is 5.96 Å². The lowest BCUT2D eigenvalue weighted by atomic mass is 10.0. The molecule has 1 atom stereocenters. The average molecular weight is 183 g/mol. The molecule has 0 aromatic carbocycles. The molecule has 0 aromatic rings. The van der Waals surface area contributed by atoms with Gasteiger partial charge in [-0.25, -0.2) is 0 Å². The van der Waals surface area contributed by atoms with Gasteiger partial charge in [-0.3, -0.25) is 4.99 Å². The smallest absolute Gasteiger partial charge is 0.191 e. The summed E-state index contributed by atoms with van der Waals surface area (Å²) in [6, 6.07) is 0. The molecule has 0 bridgehead atoms. The fourth-order valence-corrected chi connectivity index (χ4v) is 1.95. The molecule has 3 heteroatoms. The molecule has 0 aromatic heterocycles. The van der Waals surface area contributed by atoms with Crippen molar-refractivity contribution in [3.8, 4) is 0 Å². The maximum absolute atomic E-state index is 5.82. The maximum Gasteiger partial charge on any atom is 0.191 e. The molecule has 0 aliphatic carbocycles. The highest BCUT2D eigenvalue weighted by atomic mass is 15.3. The predicted molar refractivity (Wildman–Crippen MR) is 56.8 cm³/mol. The van der Waals surface area contributed by atoms with Gasteiger partial charge in [-0.1, -0.05) is 13.3 Å². The van der Waals surface area contributed by atoms with Gasteiger partial charge in [0.2, 0.25) is 0 Å². The molecule has 2 N–H and O–H groups in total. The van der Waals surface area contributed by atoms with Gasteiger partial charge in [-0.05, 0) is 25.7 Å². The van der Waals surface area contributed by atoms with Crippen molar-refractivity contribution in [1.29, 1.82) is 0 Å². The number of nitrogens with two attached hydrogens (primary N) is 1. The van der Waals surface area contributed by atoms with Gasteiger partial charge in [0, 0.05) is 19.6 Å². The van der Waals surface area contributed by atoms with Crippen LogP contribution < -0.4 is 5.73 Å². The third-order valence-electron chi connectivity index (χ3n) is 2.63. The van der Waals surface area contributed by atoms with Gasteiger partial charge in [0.25, 0.3) is 0 Å². The largest absolute Gasteiger partial charge is 0.370 e. The van der Waals surface area contributed by atoms with Crippen molar-refractivity contribution in [3.05, 3.63) is 0 Å². The van der Waals surface area contributed by atoms with E-state index in [1.165, 1.54) is 19.3 Å². The third kappa shape index (κ3) is 2.90. The summed E-state index contributed by atoms with van der Waals surface area (Å²) < 4.78 is 0. The van der Waals surface area contributed by atoms with Gasteiger partial charge in [0.05, 0.1) is 0 Å². The predicted octanol–water partition coefficient (Wildman–Crippen LogP) is 1.44.